The van der Waals surface area contributed by atoms with Gasteiger partial charge in [-0.3, -0.25) is 4.90 Å². The largest absolute Gasteiger partial charge is 0.492 e. The van der Waals surface area contributed by atoms with Gasteiger partial charge in [-0.25, -0.2) is 0 Å². The first kappa shape index (κ1) is 17.1. The first-order chi connectivity index (χ1) is 11.1. The van der Waals surface area contributed by atoms with Crippen molar-refractivity contribution in [2.24, 2.45) is 11.8 Å². The van der Waals surface area contributed by atoms with E-state index in [1.165, 1.54) is 6.42 Å². The van der Waals surface area contributed by atoms with E-state index < -0.39 is 0 Å². The summed E-state index contributed by atoms with van der Waals surface area (Å²) in [7, 11) is 0. The van der Waals surface area contributed by atoms with Crippen LogP contribution in [-0.4, -0.2) is 31.1 Å². The molecule has 0 saturated carbocycles. The Morgan fingerprint density at radius 2 is 1.87 bits per heavy atom. The van der Waals surface area contributed by atoms with Gasteiger partial charge in [0, 0.05) is 25.2 Å². The summed E-state index contributed by atoms with van der Waals surface area (Å²) in [5.41, 5.74) is 0.853. The molecule has 4 heteroatoms. The highest BCUT2D eigenvalue weighted by Gasteiger charge is 2.21. The van der Waals surface area contributed by atoms with Gasteiger partial charge in [0.2, 0.25) is 0 Å². The summed E-state index contributed by atoms with van der Waals surface area (Å²) in [6, 6.07) is 11.3. The topological polar surface area (TPSA) is 60.0 Å². The SMILES string of the molecule is CC1CC(C)CN(CCOc2ccccc2C=C(C#N)C#N)C1. The average molecular weight is 309 g/mol. The number of nitriles is 2. The van der Waals surface area contributed by atoms with Gasteiger partial charge in [-0.05, 0) is 30.4 Å². The second-order valence-electron chi connectivity index (χ2n) is 6.37. The fourth-order valence-electron chi connectivity index (χ4n) is 3.24. The molecule has 2 atom stereocenters. The van der Waals surface area contributed by atoms with Crippen molar-refractivity contribution in [3.8, 4) is 17.9 Å². The Labute approximate surface area is 138 Å². The second-order valence-corrected chi connectivity index (χ2v) is 6.37. The number of para-hydroxylation sites is 1. The van der Waals surface area contributed by atoms with Crippen molar-refractivity contribution in [1.29, 1.82) is 10.5 Å². The van der Waals surface area contributed by atoms with Crippen LogP contribution in [0.1, 0.15) is 25.8 Å². The molecule has 4 nitrogen and oxygen atoms in total. The van der Waals surface area contributed by atoms with E-state index in [1.54, 1.807) is 6.08 Å². The number of piperidine rings is 1. The molecular formula is C19H23N3O. The Hall–Kier alpha value is -2.30. The van der Waals surface area contributed by atoms with Gasteiger partial charge in [0.1, 0.15) is 30.1 Å². The van der Waals surface area contributed by atoms with Gasteiger partial charge in [0.25, 0.3) is 0 Å². The van der Waals surface area contributed by atoms with Gasteiger partial charge in [-0.15, -0.1) is 0 Å². The van der Waals surface area contributed by atoms with Crippen molar-refractivity contribution in [1.82, 2.24) is 4.90 Å². The van der Waals surface area contributed by atoms with E-state index in [0.717, 1.165) is 37.0 Å². The van der Waals surface area contributed by atoms with Crippen molar-refractivity contribution in [3.05, 3.63) is 35.4 Å². The van der Waals surface area contributed by atoms with Crippen molar-refractivity contribution in [3.63, 3.8) is 0 Å². The maximum atomic E-state index is 8.89. The Morgan fingerprint density at radius 1 is 1.22 bits per heavy atom. The van der Waals surface area contributed by atoms with E-state index in [2.05, 4.69) is 18.7 Å². The van der Waals surface area contributed by atoms with Crippen LogP contribution >= 0.6 is 0 Å². The Bertz CT molecular complexity index is 613. The smallest absolute Gasteiger partial charge is 0.130 e. The highest BCUT2D eigenvalue weighted by atomic mass is 16.5. The number of hydrogen-bond donors (Lipinski definition) is 0. The minimum atomic E-state index is 0.0831. The van der Waals surface area contributed by atoms with Crippen LogP contribution in [0.2, 0.25) is 0 Å². The van der Waals surface area contributed by atoms with Gasteiger partial charge in [0.05, 0.1) is 0 Å². The fourth-order valence-corrected chi connectivity index (χ4v) is 3.24. The standard InChI is InChI=1S/C19H23N3O/c1-15-9-16(2)14-22(13-15)7-8-23-19-6-4-3-5-18(19)10-17(11-20)12-21/h3-6,10,15-16H,7-9,13-14H2,1-2H3. The number of likely N-dealkylation sites (tertiary alicyclic amines) is 1. The molecule has 2 rings (SSSR count). The third-order valence-electron chi connectivity index (χ3n) is 4.07. The summed E-state index contributed by atoms with van der Waals surface area (Å²) < 4.78 is 5.90. The van der Waals surface area contributed by atoms with Gasteiger partial charge in [-0.1, -0.05) is 32.0 Å². The lowest BCUT2D eigenvalue weighted by molar-refractivity contribution is 0.120. The average Bonchev–Trinajstić information content (AvgIpc) is 2.53. The Balaban J connectivity index is 1.95. The van der Waals surface area contributed by atoms with E-state index >= 15 is 0 Å². The number of hydrogen-bond acceptors (Lipinski definition) is 4. The highest BCUT2D eigenvalue weighted by Crippen LogP contribution is 2.22. The molecule has 0 aliphatic carbocycles. The predicted octanol–water partition coefficient (Wildman–Crippen LogP) is 3.47. The molecule has 1 heterocycles. The van der Waals surface area contributed by atoms with E-state index in [0.29, 0.717) is 12.4 Å². The number of ether oxygens (including phenoxy) is 1. The molecule has 120 valence electrons. The van der Waals surface area contributed by atoms with Gasteiger partial charge in [-0.2, -0.15) is 10.5 Å². The van der Waals surface area contributed by atoms with Gasteiger partial charge in [0.15, 0.2) is 0 Å². The molecule has 23 heavy (non-hydrogen) atoms. The number of rotatable bonds is 5. The lowest BCUT2D eigenvalue weighted by atomic mass is 9.92. The Morgan fingerprint density at radius 3 is 2.52 bits per heavy atom. The lowest BCUT2D eigenvalue weighted by Gasteiger charge is -2.34. The molecule has 0 N–H and O–H groups in total. The first-order valence-corrected chi connectivity index (χ1v) is 8.08. The van der Waals surface area contributed by atoms with Crippen LogP contribution < -0.4 is 4.74 Å². The molecule has 1 saturated heterocycles. The van der Waals surface area contributed by atoms with Gasteiger partial charge >= 0.3 is 0 Å². The predicted molar refractivity (Wildman–Crippen MR) is 90.5 cm³/mol. The molecule has 0 bridgehead atoms. The van der Waals surface area contributed by atoms with E-state index in [4.69, 9.17) is 15.3 Å². The molecule has 1 fully saturated rings. The molecule has 1 aliphatic rings. The van der Waals surface area contributed by atoms with Crippen LogP contribution in [0.25, 0.3) is 6.08 Å². The van der Waals surface area contributed by atoms with E-state index in [1.807, 2.05) is 36.4 Å². The minimum Gasteiger partial charge on any atom is -0.492 e. The first-order valence-electron chi connectivity index (χ1n) is 8.08. The summed E-state index contributed by atoms with van der Waals surface area (Å²) in [6.07, 6.45) is 2.87. The normalized spacial score (nSPS) is 21.0. The maximum Gasteiger partial charge on any atom is 0.130 e. The Kier molecular flexibility index (Phi) is 6.20. The number of allylic oxidation sites excluding steroid dienone is 1. The van der Waals surface area contributed by atoms with E-state index in [-0.39, 0.29) is 5.57 Å². The van der Waals surface area contributed by atoms with Crippen LogP contribution in [0.5, 0.6) is 5.75 Å². The molecule has 0 spiro atoms. The third kappa shape index (κ3) is 5.13. The molecule has 0 radical (unpaired) electrons. The monoisotopic (exact) mass is 309 g/mol. The maximum absolute atomic E-state index is 8.89. The van der Waals surface area contributed by atoms with Crippen LogP contribution in [0.4, 0.5) is 0 Å². The third-order valence-corrected chi connectivity index (χ3v) is 4.07. The number of nitrogens with zero attached hydrogens (tertiary/aromatic N) is 3. The molecule has 1 aliphatic heterocycles. The molecule has 1 aromatic rings. The van der Waals surface area contributed by atoms with Crippen LogP contribution in [0.15, 0.2) is 29.8 Å². The quantitative estimate of drug-likeness (QED) is 0.781. The summed E-state index contributed by atoms with van der Waals surface area (Å²) in [6.45, 7) is 8.36. The van der Waals surface area contributed by atoms with Crippen molar-refractivity contribution >= 4 is 6.08 Å². The highest BCUT2D eigenvalue weighted by molar-refractivity contribution is 5.66. The molecule has 1 aromatic carbocycles. The zero-order chi connectivity index (χ0) is 16.7. The lowest BCUT2D eigenvalue weighted by Crippen LogP contribution is -2.40. The fraction of sp³-hybridized carbons (Fsp3) is 0.474. The molecular weight excluding hydrogens is 286 g/mol. The zero-order valence-corrected chi connectivity index (χ0v) is 13.8. The zero-order valence-electron chi connectivity index (χ0n) is 13.8. The minimum absolute atomic E-state index is 0.0831. The summed E-state index contributed by atoms with van der Waals surface area (Å²) in [5.74, 6) is 2.19. The molecule has 2 unspecified atom stereocenters. The van der Waals surface area contributed by atoms with Gasteiger partial charge < -0.3 is 4.74 Å². The second kappa shape index (κ2) is 8.36. The van der Waals surface area contributed by atoms with Crippen molar-refractivity contribution < 1.29 is 4.74 Å². The van der Waals surface area contributed by atoms with E-state index in [9.17, 15) is 0 Å². The van der Waals surface area contributed by atoms with Crippen LogP contribution in [-0.2, 0) is 0 Å². The van der Waals surface area contributed by atoms with Crippen molar-refractivity contribution in [2.75, 3.05) is 26.2 Å². The molecule has 0 amide bonds. The summed E-state index contributed by atoms with van der Waals surface area (Å²) >= 11 is 0. The number of benzene rings is 1. The van der Waals surface area contributed by atoms with Crippen LogP contribution in [0, 0.1) is 34.5 Å². The summed E-state index contributed by atoms with van der Waals surface area (Å²) in [4.78, 5) is 2.45. The van der Waals surface area contributed by atoms with Crippen LogP contribution in [0.3, 0.4) is 0 Å². The summed E-state index contributed by atoms with van der Waals surface area (Å²) in [5, 5.41) is 17.8. The molecule has 0 aromatic heterocycles. The van der Waals surface area contributed by atoms with Crippen molar-refractivity contribution in [2.45, 2.75) is 20.3 Å².